The molecular formula is C22H22N4O2. The summed E-state index contributed by atoms with van der Waals surface area (Å²) in [6, 6.07) is 17.8. The summed E-state index contributed by atoms with van der Waals surface area (Å²) >= 11 is 0. The summed E-state index contributed by atoms with van der Waals surface area (Å²) in [4.78, 5) is 21.3. The Balaban J connectivity index is 1.41. The molecule has 0 saturated carbocycles. The number of nitrogens with one attached hydrogen (secondary N) is 1. The number of hydrogen-bond acceptors (Lipinski definition) is 4. The summed E-state index contributed by atoms with van der Waals surface area (Å²) < 4.78 is 7.37. The molecule has 0 aliphatic heterocycles. The van der Waals surface area contributed by atoms with Crippen LogP contribution in [0.25, 0.3) is 11.2 Å². The minimum Gasteiger partial charge on any atom is -0.467 e. The molecule has 0 bridgehead atoms. The highest BCUT2D eigenvalue weighted by atomic mass is 16.3. The minimum absolute atomic E-state index is 0.0141. The zero-order chi connectivity index (χ0) is 19.2. The Morgan fingerprint density at radius 2 is 1.96 bits per heavy atom. The van der Waals surface area contributed by atoms with Crippen LogP contribution in [-0.2, 0) is 24.3 Å². The number of imidazole rings is 1. The molecule has 1 aromatic carbocycles. The first-order valence-electron chi connectivity index (χ1n) is 9.43. The summed E-state index contributed by atoms with van der Waals surface area (Å²) in [5, 5.41) is 2.88. The van der Waals surface area contributed by atoms with E-state index >= 15 is 0 Å². The number of carbonyl (C=O) groups excluding carboxylic acids is 1. The summed E-state index contributed by atoms with van der Waals surface area (Å²) in [7, 11) is 0. The van der Waals surface area contributed by atoms with Crippen molar-refractivity contribution in [2.24, 2.45) is 0 Å². The van der Waals surface area contributed by atoms with Gasteiger partial charge in [-0.2, -0.15) is 0 Å². The van der Waals surface area contributed by atoms with Crippen LogP contribution in [0, 0.1) is 0 Å². The zero-order valence-corrected chi connectivity index (χ0v) is 15.5. The van der Waals surface area contributed by atoms with E-state index in [-0.39, 0.29) is 5.91 Å². The number of rotatable bonds is 8. The Morgan fingerprint density at radius 1 is 1.07 bits per heavy atom. The smallest absolute Gasteiger partial charge is 0.220 e. The number of furan rings is 1. The molecule has 0 fully saturated rings. The second-order valence-corrected chi connectivity index (χ2v) is 6.66. The lowest BCUT2D eigenvalue weighted by Crippen LogP contribution is -2.22. The molecule has 0 aliphatic carbocycles. The molecule has 142 valence electrons. The van der Waals surface area contributed by atoms with Crippen LogP contribution in [0.1, 0.15) is 30.0 Å². The van der Waals surface area contributed by atoms with Gasteiger partial charge in [0, 0.05) is 19.0 Å². The molecule has 0 unspecified atom stereocenters. The summed E-state index contributed by atoms with van der Waals surface area (Å²) in [6.45, 7) is 1.14. The van der Waals surface area contributed by atoms with Gasteiger partial charge in [-0.15, -0.1) is 0 Å². The average Bonchev–Trinajstić information content (AvgIpc) is 3.36. The number of aromatic nitrogens is 3. The summed E-state index contributed by atoms with van der Waals surface area (Å²) in [6.07, 6.45) is 5.28. The number of carbonyl (C=O) groups is 1. The van der Waals surface area contributed by atoms with Crippen LogP contribution < -0.4 is 5.32 Å². The standard InChI is InChI=1S/C22H22N4O2/c27-21(24-15-18-9-6-14-28-18)12-4-11-20-25-19-10-5-13-23-22(19)26(20)16-17-7-2-1-3-8-17/h1-3,5-10,13-14H,4,11-12,15-16H2,(H,24,27). The molecule has 6 nitrogen and oxygen atoms in total. The van der Waals surface area contributed by atoms with Crippen LogP contribution in [0.4, 0.5) is 0 Å². The van der Waals surface area contributed by atoms with E-state index in [9.17, 15) is 4.79 Å². The van der Waals surface area contributed by atoms with Crippen LogP contribution >= 0.6 is 0 Å². The van der Waals surface area contributed by atoms with Gasteiger partial charge in [0.1, 0.15) is 17.1 Å². The summed E-state index contributed by atoms with van der Waals surface area (Å²) in [5.74, 6) is 1.72. The van der Waals surface area contributed by atoms with Crippen LogP contribution in [0.3, 0.4) is 0 Å². The van der Waals surface area contributed by atoms with Gasteiger partial charge in [0.25, 0.3) is 0 Å². The number of amides is 1. The number of benzene rings is 1. The van der Waals surface area contributed by atoms with Gasteiger partial charge < -0.3 is 14.3 Å². The number of aryl methyl sites for hydroxylation is 1. The molecule has 0 atom stereocenters. The van der Waals surface area contributed by atoms with Crippen molar-refractivity contribution < 1.29 is 9.21 Å². The lowest BCUT2D eigenvalue weighted by atomic mass is 10.2. The van der Waals surface area contributed by atoms with Gasteiger partial charge in [-0.25, -0.2) is 9.97 Å². The molecule has 0 saturated heterocycles. The van der Waals surface area contributed by atoms with Crippen molar-refractivity contribution in [2.75, 3.05) is 0 Å². The Bertz CT molecular complexity index is 1040. The predicted molar refractivity (Wildman–Crippen MR) is 107 cm³/mol. The zero-order valence-electron chi connectivity index (χ0n) is 15.5. The first kappa shape index (κ1) is 18.0. The predicted octanol–water partition coefficient (Wildman–Crippen LogP) is 3.71. The highest BCUT2D eigenvalue weighted by molar-refractivity contribution is 5.75. The van der Waals surface area contributed by atoms with Crippen LogP contribution in [0.15, 0.2) is 71.5 Å². The van der Waals surface area contributed by atoms with Crippen molar-refractivity contribution in [3.8, 4) is 0 Å². The lowest BCUT2D eigenvalue weighted by molar-refractivity contribution is -0.121. The van der Waals surface area contributed by atoms with Gasteiger partial charge in [0.2, 0.25) is 5.91 Å². The third kappa shape index (κ3) is 4.28. The van der Waals surface area contributed by atoms with Crippen LogP contribution in [0.2, 0.25) is 0 Å². The maximum atomic E-state index is 12.1. The van der Waals surface area contributed by atoms with Gasteiger partial charge in [0.05, 0.1) is 19.4 Å². The van der Waals surface area contributed by atoms with Crippen LogP contribution in [0.5, 0.6) is 0 Å². The monoisotopic (exact) mass is 374 g/mol. The third-order valence-electron chi connectivity index (χ3n) is 4.61. The quantitative estimate of drug-likeness (QED) is 0.510. The fourth-order valence-electron chi connectivity index (χ4n) is 3.22. The number of pyridine rings is 1. The van der Waals surface area contributed by atoms with Crippen molar-refractivity contribution in [1.82, 2.24) is 19.9 Å². The van der Waals surface area contributed by atoms with Crippen molar-refractivity contribution in [3.63, 3.8) is 0 Å². The SMILES string of the molecule is O=C(CCCc1nc2cccnc2n1Cc1ccccc1)NCc1ccco1. The number of fused-ring (bicyclic) bond motifs is 1. The minimum atomic E-state index is 0.0141. The molecule has 3 heterocycles. The maximum absolute atomic E-state index is 12.1. The molecule has 6 heteroatoms. The molecule has 3 aromatic heterocycles. The third-order valence-corrected chi connectivity index (χ3v) is 4.61. The summed E-state index contributed by atoms with van der Waals surface area (Å²) in [5.41, 5.74) is 2.96. The fourth-order valence-corrected chi connectivity index (χ4v) is 3.22. The molecule has 1 N–H and O–H groups in total. The van der Waals surface area contributed by atoms with E-state index in [4.69, 9.17) is 9.40 Å². The van der Waals surface area contributed by atoms with E-state index in [2.05, 4.69) is 27.0 Å². The highest BCUT2D eigenvalue weighted by Crippen LogP contribution is 2.17. The van der Waals surface area contributed by atoms with Crippen molar-refractivity contribution >= 4 is 17.1 Å². The normalized spacial score (nSPS) is 11.0. The van der Waals surface area contributed by atoms with E-state index in [1.807, 2.05) is 42.5 Å². The van der Waals surface area contributed by atoms with Gasteiger partial charge in [0.15, 0.2) is 5.65 Å². The molecule has 4 rings (SSSR count). The molecular weight excluding hydrogens is 352 g/mol. The topological polar surface area (TPSA) is 73.0 Å². The molecule has 0 spiro atoms. The van der Waals surface area contributed by atoms with Gasteiger partial charge in [-0.1, -0.05) is 30.3 Å². The van der Waals surface area contributed by atoms with Crippen molar-refractivity contribution in [1.29, 1.82) is 0 Å². The molecule has 0 radical (unpaired) electrons. The maximum Gasteiger partial charge on any atom is 0.220 e. The van der Waals surface area contributed by atoms with Crippen molar-refractivity contribution in [2.45, 2.75) is 32.4 Å². The van der Waals surface area contributed by atoms with E-state index < -0.39 is 0 Å². The Morgan fingerprint density at radius 3 is 2.79 bits per heavy atom. The number of nitrogens with zero attached hydrogens (tertiary/aromatic N) is 3. The van der Waals surface area contributed by atoms with Gasteiger partial charge >= 0.3 is 0 Å². The molecule has 0 aliphatic rings. The average molecular weight is 374 g/mol. The van der Waals surface area contributed by atoms with E-state index in [1.165, 1.54) is 5.56 Å². The van der Waals surface area contributed by atoms with Gasteiger partial charge in [-0.3, -0.25) is 4.79 Å². The highest BCUT2D eigenvalue weighted by Gasteiger charge is 2.13. The molecule has 1 amide bonds. The number of hydrogen-bond donors (Lipinski definition) is 1. The molecule has 28 heavy (non-hydrogen) atoms. The first-order valence-corrected chi connectivity index (χ1v) is 9.43. The Kier molecular flexibility index (Phi) is 5.47. The second kappa shape index (κ2) is 8.52. The van der Waals surface area contributed by atoms with Crippen LogP contribution in [-0.4, -0.2) is 20.4 Å². The molecule has 4 aromatic rings. The Hall–Kier alpha value is -3.41. The lowest BCUT2D eigenvalue weighted by Gasteiger charge is -2.09. The first-order chi connectivity index (χ1) is 13.8. The second-order valence-electron chi connectivity index (χ2n) is 6.66. The van der Waals surface area contributed by atoms with E-state index in [1.54, 1.807) is 12.5 Å². The largest absolute Gasteiger partial charge is 0.467 e. The van der Waals surface area contributed by atoms with Gasteiger partial charge in [-0.05, 0) is 36.2 Å². The Labute approximate surface area is 163 Å². The van der Waals surface area contributed by atoms with E-state index in [0.29, 0.717) is 19.5 Å². The van der Waals surface area contributed by atoms with Crippen molar-refractivity contribution in [3.05, 3.63) is 84.2 Å². The fraction of sp³-hybridized carbons (Fsp3) is 0.227. The van der Waals surface area contributed by atoms with E-state index in [0.717, 1.165) is 35.6 Å².